The zero-order valence-electron chi connectivity index (χ0n) is 14.0. The zero-order valence-corrected chi connectivity index (χ0v) is 14.0. The summed E-state index contributed by atoms with van der Waals surface area (Å²) in [5.41, 5.74) is 5.64. The van der Waals surface area contributed by atoms with Gasteiger partial charge in [-0.3, -0.25) is 14.9 Å². The third-order valence-electron chi connectivity index (χ3n) is 3.29. The number of anilines is 1. The lowest BCUT2D eigenvalue weighted by molar-refractivity contribution is -0.384. The van der Waals surface area contributed by atoms with Crippen LogP contribution in [0.25, 0.3) is 0 Å². The van der Waals surface area contributed by atoms with E-state index in [1.807, 2.05) is 0 Å². The van der Waals surface area contributed by atoms with Gasteiger partial charge in [0, 0.05) is 30.8 Å². The molecule has 0 aliphatic carbocycles. The molecule has 0 atom stereocenters. The summed E-state index contributed by atoms with van der Waals surface area (Å²) in [5.74, 6) is -0.710. The molecule has 10 nitrogen and oxygen atoms in total. The summed E-state index contributed by atoms with van der Waals surface area (Å²) in [5, 5.41) is 24.7. The summed E-state index contributed by atoms with van der Waals surface area (Å²) in [6, 6.07) is 8.96. The largest absolute Gasteiger partial charge is 0.871 e. The molecular formula is C17H16N3O7-. The number of carbonyl (C=O) groups is 2. The maximum absolute atomic E-state index is 11.7. The van der Waals surface area contributed by atoms with Crippen molar-refractivity contribution in [2.24, 2.45) is 5.73 Å². The standard InChI is InChI=1S/C17H17N3O7/c18-8-7-16(22)19-14-9-11(1-6-15(14)21)10-26-17(23)27-13-4-2-12(3-5-13)20(24)25/h1-6,9,21H,7-8,10,18H2,(H,19,22)/p-1. The Hall–Kier alpha value is -3.66. The average Bonchev–Trinajstić information content (AvgIpc) is 2.63. The molecule has 2 aromatic carbocycles. The molecule has 142 valence electrons. The molecule has 0 bridgehead atoms. The molecular weight excluding hydrogens is 358 g/mol. The molecule has 2 rings (SSSR count). The third kappa shape index (κ3) is 5.97. The highest BCUT2D eigenvalue weighted by atomic mass is 16.7. The van der Waals surface area contributed by atoms with Gasteiger partial charge in [-0.1, -0.05) is 17.9 Å². The van der Waals surface area contributed by atoms with Gasteiger partial charge in [-0.25, -0.2) is 4.79 Å². The molecule has 0 aromatic heterocycles. The number of benzene rings is 2. The average molecular weight is 374 g/mol. The summed E-state index contributed by atoms with van der Waals surface area (Å²) in [7, 11) is 0. The molecule has 0 unspecified atom stereocenters. The lowest BCUT2D eigenvalue weighted by Crippen LogP contribution is -2.17. The van der Waals surface area contributed by atoms with Gasteiger partial charge >= 0.3 is 6.16 Å². The molecule has 0 fully saturated rings. The molecule has 27 heavy (non-hydrogen) atoms. The van der Waals surface area contributed by atoms with Gasteiger partial charge in [-0.05, 0) is 23.8 Å². The molecule has 0 saturated heterocycles. The number of nitro benzene ring substituents is 1. The van der Waals surface area contributed by atoms with Crippen molar-refractivity contribution in [2.75, 3.05) is 11.9 Å². The minimum Gasteiger partial charge on any atom is -0.871 e. The van der Waals surface area contributed by atoms with E-state index >= 15 is 0 Å². The highest BCUT2D eigenvalue weighted by Gasteiger charge is 2.10. The Morgan fingerprint density at radius 3 is 2.48 bits per heavy atom. The number of hydrogen-bond donors (Lipinski definition) is 2. The topological polar surface area (TPSA) is 157 Å². The quantitative estimate of drug-likeness (QED) is 0.321. The Kier molecular flexibility index (Phi) is 6.67. The van der Waals surface area contributed by atoms with Crippen LogP contribution in [-0.4, -0.2) is 23.5 Å². The Morgan fingerprint density at radius 1 is 1.15 bits per heavy atom. The molecule has 0 radical (unpaired) electrons. The van der Waals surface area contributed by atoms with E-state index in [1.54, 1.807) is 0 Å². The first kappa shape index (κ1) is 19.7. The van der Waals surface area contributed by atoms with E-state index in [4.69, 9.17) is 15.2 Å². The van der Waals surface area contributed by atoms with Crippen molar-refractivity contribution < 1.29 is 29.1 Å². The second kappa shape index (κ2) is 9.15. The molecule has 1 amide bonds. The fourth-order valence-corrected chi connectivity index (χ4v) is 2.01. The second-order valence-corrected chi connectivity index (χ2v) is 5.31. The van der Waals surface area contributed by atoms with Crippen LogP contribution in [0.2, 0.25) is 0 Å². The van der Waals surface area contributed by atoms with Crippen LogP contribution in [0.5, 0.6) is 11.5 Å². The van der Waals surface area contributed by atoms with Gasteiger partial charge in [0.25, 0.3) is 5.69 Å². The minimum atomic E-state index is -1.02. The van der Waals surface area contributed by atoms with Gasteiger partial charge < -0.3 is 25.6 Å². The van der Waals surface area contributed by atoms with Crippen LogP contribution >= 0.6 is 0 Å². The van der Waals surface area contributed by atoms with E-state index in [0.29, 0.717) is 5.56 Å². The SMILES string of the molecule is NCCC(=O)Nc1cc(COC(=O)Oc2ccc([N+](=O)[O-])cc2)ccc1[O-]. The highest BCUT2D eigenvalue weighted by Crippen LogP contribution is 2.23. The van der Waals surface area contributed by atoms with Gasteiger partial charge in [0.05, 0.1) is 4.92 Å². The van der Waals surface area contributed by atoms with Crippen molar-refractivity contribution >= 4 is 23.4 Å². The van der Waals surface area contributed by atoms with Gasteiger partial charge in [-0.15, -0.1) is 0 Å². The molecule has 0 aliphatic rings. The molecule has 3 N–H and O–H groups in total. The van der Waals surface area contributed by atoms with Gasteiger partial charge in [0.15, 0.2) is 0 Å². The third-order valence-corrected chi connectivity index (χ3v) is 3.29. The lowest BCUT2D eigenvalue weighted by Gasteiger charge is -2.16. The number of nitrogens with zero attached hydrogens (tertiary/aromatic N) is 1. The molecule has 0 saturated carbocycles. The number of rotatable bonds is 7. The van der Waals surface area contributed by atoms with E-state index in [9.17, 15) is 24.8 Å². The molecule has 0 spiro atoms. The van der Waals surface area contributed by atoms with Crippen LogP contribution in [0.1, 0.15) is 12.0 Å². The van der Waals surface area contributed by atoms with Crippen molar-refractivity contribution in [1.29, 1.82) is 0 Å². The Labute approximate surface area is 153 Å². The van der Waals surface area contributed by atoms with E-state index in [2.05, 4.69) is 5.32 Å². The normalized spacial score (nSPS) is 10.1. The number of ether oxygens (including phenoxy) is 2. The predicted molar refractivity (Wildman–Crippen MR) is 92.1 cm³/mol. The van der Waals surface area contributed by atoms with Gasteiger partial charge in [0.1, 0.15) is 12.4 Å². The van der Waals surface area contributed by atoms with E-state index in [-0.39, 0.29) is 36.7 Å². The number of nitrogens with two attached hydrogens (primary N) is 1. The smallest absolute Gasteiger partial charge is 0.514 e. The summed E-state index contributed by atoms with van der Waals surface area (Å²) >= 11 is 0. The number of nitro groups is 1. The van der Waals surface area contributed by atoms with E-state index in [1.165, 1.54) is 42.5 Å². The van der Waals surface area contributed by atoms with Crippen molar-refractivity contribution in [3.8, 4) is 11.5 Å². The maximum Gasteiger partial charge on any atom is 0.514 e. The van der Waals surface area contributed by atoms with Crippen LogP contribution in [0.4, 0.5) is 16.2 Å². The first-order valence-electron chi connectivity index (χ1n) is 7.78. The minimum absolute atomic E-state index is 0.0540. The van der Waals surface area contributed by atoms with Crippen molar-refractivity contribution in [2.45, 2.75) is 13.0 Å². The van der Waals surface area contributed by atoms with E-state index in [0.717, 1.165) is 0 Å². The Bertz CT molecular complexity index is 837. The molecule has 10 heteroatoms. The molecule has 0 aliphatic heterocycles. The number of carbonyl (C=O) groups excluding carboxylic acids is 2. The monoisotopic (exact) mass is 374 g/mol. The summed E-state index contributed by atoms with van der Waals surface area (Å²) in [6.07, 6.45) is -0.953. The van der Waals surface area contributed by atoms with Crippen molar-refractivity contribution in [1.82, 2.24) is 0 Å². The Balaban J connectivity index is 1.92. The highest BCUT2D eigenvalue weighted by molar-refractivity contribution is 5.92. The zero-order chi connectivity index (χ0) is 19.8. The number of hydrogen-bond acceptors (Lipinski definition) is 8. The number of non-ortho nitro benzene ring substituents is 1. The fourth-order valence-electron chi connectivity index (χ4n) is 2.01. The predicted octanol–water partition coefficient (Wildman–Crippen LogP) is 1.67. The van der Waals surface area contributed by atoms with Gasteiger partial charge in [0.2, 0.25) is 5.91 Å². The summed E-state index contributed by atoms with van der Waals surface area (Å²) < 4.78 is 9.82. The van der Waals surface area contributed by atoms with Crippen LogP contribution in [-0.2, 0) is 16.1 Å². The van der Waals surface area contributed by atoms with Crippen molar-refractivity contribution in [3.63, 3.8) is 0 Å². The molecule has 0 heterocycles. The first-order chi connectivity index (χ1) is 12.9. The molecule has 2 aromatic rings. The van der Waals surface area contributed by atoms with Crippen LogP contribution in [0, 0.1) is 10.1 Å². The maximum atomic E-state index is 11.7. The second-order valence-electron chi connectivity index (χ2n) is 5.31. The summed E-state index contributed by atoms with van der Waals surface area (Å²) in [6.45, 7) is -0.0524. The van der Waals surface area contributed by atoms with E-state index < -0.39 is 22.7 Å². The fraction of sp³-hybridized carbons (Fsp3) is 0.176. The van der Waals surface area contributed by atoms with Crippen LogP contribution in [0.15, 0.2) is 42.5 Å². The Morgan fingerprint density at radius 2 is 1.85 bits per heavy atom. The lowest BCUT2D eigenvalue weighted by atomic mass is 10.2. The first-order valence-corrected chi connectivity index (χ1v) is 7.78. The van der Waals surface area contributed by atoms with Crippen LogP contribution < -0.4 is 20.9 Å². The number of nitrogens with one attached hydrogen (secondary N) is 1. The number of amides is 1. The van der Waals surface area contributed by atoms with Gasteiger partial charge in [-0.2, -0.15) is 0 Å². The van der Waals surface area contributed by atoms with Crippen LogP contribution in [0.3, 0.4) is 0 Å². The van der Waals surface area contributed by atoms with Crippen molar-refractivity contribution in [3.05, 3.63) is 58.1 Å². The summed E-state index contributed by atoms with van der Waals surface area (Å²) in [4.78, 5) is 33.2.